The highest BCUT2D eigenvalue weighted by Gasteiger charge is 2.39. The van der Waals surface area contributed by atoms with Crippen molar-refractivity contribution in [1.29, 1.82) is 0 Å². The van der Waals surface area contributed by atoms with Crippen LogP contribution in [-0.4, -0.2) is 53.0 Å². The first-order chi connectivity index (χ1) is 13.5. The largest absolute Gasteiger partial charge is 0.481 e. The Morgan fingerprint density at radius 1 is 1.07 bits per heavy atom. The Hall–Kier alpha value is -2.41. The first-order valence-electron chi connectivity index (χ1n) is 10.2. The van der Waals surface area contributed by atoms with E-state index in [0.717, 1.165) is 44.5 Å². The van der Waals surface area contributed by atoms with Crippen molar-refractivity contribution in [3.8, 4) is 0 Å². The van der Waals surface area contributed by atoms with Gasteiger partial charge < -0.3 is 15.3 Å². The van der Waals surface area contributed by atoms with Crippen molar-refractivity contribution >= 4 is 23.5 Å². The van der Waals surface area contributed by atoms with E-state index in [9.17, 15) is 14.4 Å². The first-order valence-corrected chi connectivity index (χ1v) is 10.2. The van der Waals surface area contributed by atoms with Gasteiger partial charge in [0, 0.05) is 18.2 Å². The number of anilines is 1. The van der Waals surface area contributed by atoms with Crippen molar-refractivity contribution in [2.24, 2.45) is 5.92 Å². The molecule has 1 unspecified atom stereocenters. The number of aliphatic carboxylic acids is 1. The maximum absolute atomic E-state index is 11.9. The Labute approximate surface area is 164 Å². The van der Waals surface area contributed by atoms with Crippen LogP contribution in [0, 0.1) is 5.92 Å². The van der Waals surface area contributed by atoms with Gasteiger partial charge in [-0.25, -0.2) is 0 Å². The van der Waals surface area contributed by atoms with Gasteiger partial charge in [0.15, 0.2) is 0 Å². The lowest BCUT2D eigenvalue weighted by Crippen LogP contribution is -2.49. The van der Waals surface area contributed by atoms with Gasteiger partial charge in [-0.1, -0.05) is 12.1 Å². The number of carbonyl (C=O) groups is 3. The molecule has 7 heteroatoms. The molecule has 1 saturated carbocycles. The second-order valence-corrected chi connectivity index (χ2v) is 8.24. The van der Waals surface area contributed by atoms with Crippen molar-refractivity contribution < 1.29 is 19.5 Å². The minimum Gasteiger partial charge on any atom is -0.481 e. The topological polar surface area (TPSA) is 98.7 Å². The van der Waals surface area contributed by atoms with Gasteiger partial charge in [-0.15, -0.1) is 0 Å². The minimum atomic E-state index is -0.655. The number of nitrogens with one attached hydrogen (secondary N) is 2. The molecular formula is C21H27N3O4. The van der Waals surface area contributed by atoms with Crippen LogP contribution < -0.4 is 10.6 Å². The molecule has 3 fully saturated rings. The molecule has 3 aliphatic rings. The standard InChI is InChI=1S/C21H27N3O4/c25-19-6-5-18(20(26)23-19)22-16-3-1-13(2-4-16)14-7-9-24(10-8-14)17-11-15(12-17)21(27)28/h1-4,14-15,17-18,22H,5-12H2,(H,27,28)(H,23,25,26)/t15-,17+,18?. The Balaban J connectivity index is 1.26. The second kappa shape index (κ2) is 7.91. The van der Waals surface area contributed by atoms with E-state index >= 15 is 0 Å². The number of carboxylic acid groups (broad SMARTS) is 1. The fraction of sp³-hybridized carbons (Fsp3) is 0.571. The molecule has 2 heterocycles. The number of carbonyl (C=O) groups excluding carboxylic acids is 2. The number of amides is 2. The maximum atomic E-state index is 11.9. The van der Waals surface area contributed by atoms with E-state index in [1.807, 2.05) is 12.1 Å². The number of benzene rings is 1. The summed E-state index contributed by atoms with van der Waals surface area (Å²) in [5.41, 5.74) is 2.20. The average molecular weight is 385 g/mol. The molecular weight excluding hydrogens is 358 g/mol. The molecule has 28 heavy (non-hydrogen) atoms. The summed E-state index contributed by atoms with van der Waals surface area (Å²) < 4.78 is 0. The average Bonchev–Trinajstić information content (AvgIpc) is 2.64. The van der Waals surface area contributed by atoms with Crippen LogP contribution in [-0.2, 0) is 14.4 Å². The number of hydrogen-bond donors (Lipinski definition) is 3. The lowest BCUT2D eigenvalue weighted by Gasteiger charge is -2.44. The third-order valence-corrected chi connectivity index (χ3v) is 6.47. The van der Waals surface area contributed by atoms with E-state index in [2.05, 4.69) is 27.7 Å². The van der Waals surface area contributed by atoms with Crippen molar-refractivity contribution in [1.82, 2.24) is 10.2 Å². The number of rotatable bonds is 5. The lowest BCUT2D eigenvalue weighted by atomic mass is 9.78. The highest BCUT2D eigenvalue weighted by atomic mass is 16.4. The van der Waals surface area contributed by atoms with Gasteiger partial charge in [0.25, 0.3) is 0 Å². The summed E-state index contributed by atoms with van der Waals surface area (Å²) in [7, 11) is 0. The molecule has 1 aliphatic carbocycles. The van der Waals surface area contributed by atoms with Crippen LogP contribution in [0.25, 0.3) is 0 Å². The van der Waals surface area contributed by atoms with Gasteiger partial charge in [-0.05, 0) is 68.8 Å². The summed E-state index contributed by atoms with van der Waals surface area (Å²) in [6.45, 7) is 2.05. The molecule has 3 N–H and O–H groups in total. The number of likely N-dealkylation sites (tertiary alicyclic amines) is 1. The summed E-state index contributed by atoms with van der Waals surface area (Å²) in [6, 6.07) is 8.35. The predicted molar refractivity (Wildman–Crippen MR) is 104 cm³/mol. The summed E-state index contributed by atoms with van der Waals surface area (Å²) in [4.78, 5) is 36.5. The van der Waals surface area contributed by atoms with E-state index in [1.165, 1.54) is 5.56 Å². The number of carboxylic acids is 1. The fourth-order valence-electron chi connectivity index (χ4n) is 4.57. The SMILES string of the molecule is O=C1CCC(Nc2ccc(C3CCN([C@H]4C[C@@H](C(=O)O)C4)CC3)cc2)C(=O)N1. The smallest absolute Gasteiger partial charge is 0.306 e. The van der Waals surface area contributed by atoms with Gasteiger partial charge in [0.05, 0.1) is 5.92 Å². The summed E-state index contributed by atoms with van der Waals surface area (Å²) in [5.74, 6) is -0.737. The van der Waals surface area contributed by atoms with Crippen molar-refractivity contribution in [2.75, 3.05) is 18.4 Å². The molecule has 0 spiro atoms. The molecule has 2 amide bonds. The van der Waals surface area contributed by atoms with E-state index < -0.39 is 5.97 Å². The monoisotopic (exact) mass is 385 g/mol. The van der Waals surface area contributed by atoms with Crippen LogP contribution in [0.15, 0.2) is 24.3 Å². The zero-order chi connectivity index (χ0) is 19.7. The number of hydrogen-bond acceptors (Lipinski definition) is 5. The third-order valence-electron chi connectivity index (χ3n) is 6.47. The second-order valence-electron chi connectivity index (χ2n) is 8.24. The van der Waals surface area contributed by atoms with Crippen LogP contribution >= 0.6 is 0 Å². The van der Waals surface area contributed by atoms with E-state index in [-0.39, 0.29) is 23.8 Å². The highest BCUT2D eigenvalue weighted by molar-refractivity contribution is 6.01. The van der Waals surface area contributed by atoms with Crippen molar-refractivity contribution in [2.45, 2.75) is 56.5 Å². The summed E-state index contributed by atoms with van der Waals surface area (Å²) in [6.07, 6.45) is 4.66. The summed E-state index contributed by atoms with van der Waals surface area (Å²) >= 11 is 0. The zero-order valence-electron chi connectivity index (χ0n) is 15.9. The van der Waals surface area contributed by atoms with Crippen molar-refractivity contribution in [3.05, 3.63) is 29.8 Å². The van der Waals surface area contributed by atoms with Crippen LogP contribution in [0.4, 0.5) is 5.69 Å². The molecule has 2 saturated heterocycles. The molecule has 1 aromatic carbocycles. The zero-order valence-corrected chi connectivity index (χ0v) is 15.9. The molecule has 2 aliphatic heterocycles. The predicted octanol–water partition coefficient (Wildman–Crippen LogP) is 1.95. The molecule has 0 aromatic heterocycles. The first kappa shape index (κ1) is 18.9. The van der Waals surface area contributed by atoms with E-state index in [1.54, 1.807) is 0 Å². The molecule has 0 radical (unpaired) electrons. The Morgan fingerprint density at radius 3 is 2.36 bits per heavy atom. The van der Waals surface area contributed by atoms with Crippen LogP contribution in [0.2, 0.25) is 0 Å². The van der Waals surface area contributed by atoms with Crippen LogP contribution in [0.1, 0.15) is 50.0 Å². The Morgan fingerprint density at radius 2 is 1.75 bits per heavy atom. The highest BCUT2D eigenvalue weighted by Crippen LogP contribution is 2.36. The molecule has 1 aromatic rings. The summed E-state index contributed by atoms with van der Waals surface area (Å²) in [5, 5.41) is 14.6. The number of imide groups is 1. The number of piperidine rings is 2. The fourth-order valence-corrected chi connectivity index (χ4v) is 4.57. The van der Waals surface area contributed by atoms with Gasteiger partial charge in [0.2, 0.25) is 11.8 Å². The normalized spacial score (nSPS) is 29.1. The number of nitrogens with zero attached hydrogens (tertiary/aromatic N) is 1. The Bertz CT molecular complexity index is 749. The molecule has 7 nitrogen and oxygen atoms in total. The van der Waals surface area contributed by atoms with Gasteiger partial charge >= 0.3 is 5.97 Å². The van der Waals surface area contributed by atoms with Gasteiger partial charge in [0.1, 0.15) is 6.04 Å². The molecule has 1 atom stereocenters. The van der Waals surface area contributed by atoms with E-state index in [0.29, 0.717) is 24.8 Å². The van der Waals surface area contributed by atoms with Gasteiger partial charge in [-0.2, -0.15) is 0 Å². The van der Waals surface area contributed by atoms with Crippen molar-refractivity contribution in [3.63, 3.8) is 0 Å². The molecule has 0 bridgehead atoms. The van der Waals surface area contributed by atoms with Gasteiger partial charge in [-0.3, -0.25) is 19.7 Å². The lowest BCUT2D eigenvalue weighted by molar-refractivity contribution is -0.147. The quantitative estimate of drug-likeness (QED) is 0.670. The molecule has 150 valence electrons. The maximum Gasteiger partial charge on any atom is 0.306 e. The van der Waals surface area contributed by atoms with Crippen LogP contribution in [0.3, 0.4) is 0 Å². The van der Waals surface area contributed by atoms with Crippen LogP contribution in [0.5, 0.6) is 0 Å². The van der Waals surface area contributed by atoms with E-state index in [4.69, 9.17) is 5.11 Å². The third kappa shape index (κ3) is 4.04. The Kier molecular flexibility index (Phi) is 5.35. The minimum absolute atomic E-state index is 0.146. The molecule has 4 rings (SSSR count).